The molecule has 1 aliphatic carbocycles. The highest BCUT2D eigenvalue weighted by Gasteiger charge is 2.31. The topological polar surface area (TPSA) is 61.0 Å². The number of H-pyrrole nitrogens is 1. The number of aromatic amines is 1. The molecule has 1 atom stereocenters. The van der Waals surface area contributed by atoms with E-state index in [0.717, 1.165) is 43.6 Å². The van der Waals surface area contributed by atoms with Crippen LogP contribution in [0.2, 0.25) is 0 Å². The maximum atomic E-state index is 12.9. The van der Waals surface area contributed by atoms with E-state index in [1.54, 1.807) is 0 Å². The molecule has 122 valence electrons. The molecule has 23 heavy (non-hydrogen) atoms. The van der Waals surface area contributed by atoms with Crippen molar-refractivity contribution < 1.29 is 4.79 Å². The molecule has 0 saturated carbocycles. The van der Waals surface area contributed by atoms with E-state index in [1.807, 2.05) is 11.9 Å². The molecule has 2 N–H and O–H groups in total. The van der Waals surface area contributed by atoms with Crippen LogP contribution in [-0.2, 0) is 19.4 Å². The van der Waals surface area contributed by atoms with E-state index >= 15 is 0 Å². The number of rotatable bonds is 2. The summed E-state index contributed by atoms with van der Waals surface area (Å²) in [7, 11) is 1.90. The van der Waals surface area contributed by atoms with Crippen molar-refractivity contribution in [2.45, 2.75) is 31.8 Å². The average molecular weight is 333 g/mol. The Kier molecular flexibility index (Phi) is 4.41. The Morgan fingerprint density at radius 2 is 2.13 bits per heavy atom. The Balaban J connectivity index is 0.00000156. The molecule has 4 rings (SSSR count). The summed E-state index contributed by atoms with van der Waals surface area (Å²) in [5.41, 5.74) is 5.35. The Morgan fingerprint density at radius 1 is 1.30 bits per heavy atom. The highest BCUT2D eigenvalue weighted by molar-refractivity contribution is 5.94. The third kappa shape index (κ3) is 2.64. The highest BCUT2D eigenvalue weighted by atomic mass is 35.5. The van der Waals surface area contributed by atoms with Crippen LogP contribution in [0.5, 0.6) is 0 Å². The van der Waals surface area contributed by atoms with Gasteiger partial charge in [0.05, 0.1) is 6.04 Å². The molecule has 0 saturated heterocycles. The fourth-order valence-corrected chi connectivity index (χ4v) is 3.65. The first-order valence-electron chi connectivity index (χ1n) is 7.87. The lowest BCUT2D eigenvalue weighted by atomic mass is 10.0. The van der Waals surface area contributed by atoms with Crippen molar-refractivity contribution in [2.75, 3.05) is 13.6 Å². The molecule has 0 bridgehead atoms. The first kappa shape index (κ1) is 16.0. The number of hydrogen-bond donors (Lipinski definition) is 2. The number of benzene rings is 1. The average Bonchev–Trinajstić information content (AvgIpc) is 3.17. The summed E-state index contributed by atoms with van der Waals surface area (Å²) in [6, 6.07) is 8.58. The number of hydrogen-bond acceptors (Lipinski definition) is 3. The summed E-state index contributed by atoms with van der Waals surface area (Å²) in [6.07, 6.45) is 2.94. The van der Waals surface area contributed by atoms with Gasteiger partial charge in [0.25, 0.3) is 5.91 Å². The lowest BCUT2D eigenvalue weighted by Crippen LogP contribution is -2.32. The molecule has 1 unspecified atom stereocenters. The van der Waals surface area contributed by atoms with Gasteiger partial charge in [-0.3, -0.25) is 9.89 Å². The maximum absolute atomic E-state index is 12.9. The summed E-state index contributed by atoms with van der Waals surface area (Å²) in [5, 5.41) is 10.6. The largest absolute Gasteiger partial charge is 0.333 e. The number of fused-ring (bicyclic) bond motifs is 2. The summed E-state index contributed by atoms with van der Waals surface area (Å²) < 4.78 is 0. The molecule has 2 aromatic rings. The smallest absolute Gasteiger partial charge is 0.274 e. The van der Waals surface area contributed by atoms with Crippen LogP contribution in [-0.4, -0.2) is 34.6 Å². The Morgan fingerprint density at radius 3 is 3.00 bits per heavy atom. The third-order valence-electron chi connectivity index (χ3n) is 4.90. The number of carbonyl (C=O) groups is 1. The van der Waals surface area contributed by atoms with Gasteiger partial charge in [0, 0.05) is 37.8 Å². The minimum absolute atomic E-state index is 0. The van der Waals surface area contributed by atoms with Crippen LogP contribution in [0.4, 0.5) is 0 Å². The van der Waals surface area contributed by atoms with Crippen molar-refractivity contribution in [3.63, 3.8) is 0 Å². The number of carbonyl (C=O) groups excluding carboxylic acids is 1. The van der Waals surface area contributed by atoms with Gasteiger partial charge in [-0.1, -0.05) is 24.3 Å². The first-order chi connectivity index (χ1) is 10.8. The van der Waals surface area contributed by atoms with Crippen molar-refractivity contribution in [2.24, 2.45) is 0 Å². The van der Waals surface area contributed by atoms with E-state index in [2.05, 4.69) is 39.8 Å². The molecule has 0 fully saturated rings. The van der Waals surface area contributed by atoms with Gasteiger partial charge in [0.1, 0.15) is 0 Å². The van der Waals surface area contributed by atoms with Crippen molar-refractivity contribution >= 4 is 18.3 Å². The van der Waals surface area contributed by atoms with Gasteiger partial charge in [0.2, 0.25) is 0 Å². The minimum Gasteiger partial charge on any atom is -0.333 e. The van der Waals surface area contributed by atoms with Crippen LogP contribution < -0.4 is 5.32 Å². The molecule has 1 aliphatic heterocycles. The quantitative estimate of drug-likeness (QED) is 0.886. The molecule has 2 aliphatic rings. The van der Waals surface area contributed by atoms with Crippen molar-refractivity contribution in [1.29, 1.82) is 0 Å². The van der Waals surface area contributed by atoms with E-state index < -0.39 is 0 Å². The predicted molar refractivity (Wildman–Crippen MR) is 90.8 cm³/mol. The zero-order valence-corrected chi connectivity index (χ0v) is 13.9. The van der Waals surface area contributed by atoms with Crippen LogP contribution in [0.3, 0.4) is 0 Å². The lowest BCUT2D eigenvalue weighted by Gasteiger charge is -2.25. The molecule has 6 heteroatoms. The van der Waals surface area contributed by atoms with Crippen LogP contribution >= 0.6 is 12.4 Å². The zero-order valence-electron chi connectivity index (χ0n) is 13.1. The molecule has 0 radical (unpaired) electrons. The minimum atomic E-state index is 0. The number of aryl methyl sites for hydroxylation is 1. The van der Waals surface area contributed by atoms with Gasteiger partial charge in [-0.25, -0.2) is 0 Å². The molecule has 1 aromatic carbocycles. The molecule has 0 spiro atoms. The van der Waals surface area contributed by atoms with Crippen molar-refractivity contribution in [1.82, 2.24) is 20.4 Å². The van der Waals surface area contributed by atoms with Gasteiger partial charge in [-0.05, 0) is 24.0 Å². The second-order valence-electron chi connectivity index (χ2n) is 6.13. The number of nitrogens with one attached hydrogen (secondary N) is 2. The molecule has 1 aromatic heterocycles. The fourth-order valence-electron chi connectivity index (χ4n) is 3.65. The Hall–Kier alpha value is -1.85. The van der Waals surface area contributed by atoms with E-state index in [9.17, 15) is 4.79 Å². The number of nitrogens with zero attached hydrogens (tertiary/aromatic N) is 2. The molecule has 2 heterocycles. The SMILES string of the molecule is CN(C(=O)c1n[nH]c2c1CNCC2)C1CCc2ccccc21.Cl. The second-order valence-corrected chi connectivity index (χ2v) is 6.13. The van der Waals surface area contributed by atoms with Gasteiger partial charge in [-0.15, -0.1) is 12.4 Å². The Labute approximate surface area is 141 Å². The lowest BCUT2D eigenvalue weighted by molar-refractivity contribution is 0.0723. The van der Waals surface area contributed by atoms with E-state index in [0.29, 0.717) is 5.69 Å². The molecule has 5 nitrogen and oxygen atoms in total. The van der Waals surface area contributed by atoms with Gasteiger partial charge in [0.15, 0.2) is 5.69 Å². The van der Waals surface area contributed by atoms with Gasteiger partial charge in [-0.2, -0.15) is 5.10 Å². The standard InChI is InChI=1S/C17H20N4O.ClH/c1-21(15-7-6-11-4-2-3-5-12(11)15)17(22)16-13-10-18-9-8-14(13)19-20-16;/h2-5,15,18H,6-10H2,1H3,(H,19,20);1H. The Bertz CT molecular complexity index is 727. The van der Waals surface area contributed by atoms with Crippen LogP contribution in [0.1, 0.15) is 45.3 Å². The molecule has 1 amide bonds. The monoisotopic (exact) mass is 332 g/mol. The molecular weight excluding hydrogens is 312 g/mol. The molecular formula is C17H21ClN4O. The van der Waals surface area contributed by atoms with Crippen LogP contribution in [0, 0.1) is 0 Å². The van der Waals surface area contributed by atoms with Gasteiger partial charge < -0.3 is 10.2 Å². The number of halogens is 1. The first-order valence-corrected chi connectivity index (χ1v) is 7.87. The summed E-state index contributed by atoms with van der Waals surface area (Å²) >= 11 is 0. The van der Waals surface area contributed by atoms with E-state index in [4.69, 9.17) is 0 Å². The normalized spacial score (nSPS) is 18.7. The fraction of sp³-hybridized carbons (Fsp3) is 0.412. The second kappa shape index (κ2) is 6.34. The number of amides is 1. The zero-order chi connectivity index (χ0) is 15.1. The maximum Gasteiger partial charge on any atom is 0.274 e. The van der Waals surface area contributed by atoms with Crippen molar-refractivity contribution in [3.8, 4) is 0 Å². The predicted octanol–water partition coefficient (Wildman–Crippen LogP) is 2.24. The highest BCUT2D eigenvalue weighted by Crippen LogP contribution is 2.35. The number of aromatic nitrogens is 2. The van der Waals surface area contributed by atoms with Crippen LogP contribution in [0.25, 0.3) is 0 Å². The van der Waals surface area contributed by atoms with Crippen LogP contribution in [0.15, 0.2) is 24.3 Å². The third-order valence-corrected chi connectivity index (χ3v) is 4.90. The van der Waals surface area contributed by atoms with E-state index in [-0.39, 0.29) is 24.4 Å². The van der Waals surface area contributed by atoms with E-state index in [1.165, 1.54) is 11.1 Å². The summed E-state index contributed by atoms with van der Waals surface area (Å²) in [4.78, 5) is 14.7. The van der Waals surface area contributed by atoms with Crippen molar-refractivity contribution in [3.05, 3.63) is 52.3 Å². The summed E-state index contributed by atoms with van der Waals surface area (Å²) in [5.74, 6) is 0.0166. The summed E-state index contributed by atoms with van der Waals surface area (Å²) in [6.45, 7) is 1.66. The van der Waals surface area contributed by atoms with Gasteiger partial charge >= 0.3 is 0 Å².